The third-order valence-corrected chi connectivity index (χ3v) is 4.20. The van der Waals surface area contributed by atoms with Crippen LogP contribution in [0, 0.1) is 0 Å². The lowest BCUT2D eigenvalue weighted by atomic mass is 10.0. The van der Waals surface area contributed by atoms with E-state index in [0.29, 0.717) is 12.2 Å². The van der Waals surface area contributed by atoms with Gasteiger partial charge in [-0.2, -0.15) is 0 Å². The van der Waals surface area contributed by atoms with Crippen LogP contribution >= 0.6 is 0 Å². The van der Waals surface area contributed by atoms with E-state index in [-0.39, 0.29) is 31.3 Å². The molecule has 120 valence electrons. The molecule has 8 heteroatoms. The summed E-state index contributed by atoms with van der Waals surface area (Å²) in [5.74, 6) is 0.774. The molecule has 3 N–H and O–H groups in total. The Labute approximate surface area is 132 Å². The molecule has 1 fully saturated rings. The first kappa shape index (κ1) is 13.9. The van der Waals surface area contributed by atoms with E-state index in [0.717, 1.165) is 11.3 Å². The second kappa shape index (κ2) is 5.17. The number of nitrogens with one attached hydrogen (secondary N) is 1. The molecule has 2 atom stereocenters. The number of fused-ring (bicyclic) bond motifs is 2. The first-order chi connectivity index (χ1) is 11.1. The van der Waals surface area contributed by atoms with Crippen molar-refractivity contribution in [3.8, 4) is 11.5 Å². The van der Waals surface area contributed by atoms with Gasteiger partial charge >= 0.3 is 0 Å². The lowest BCUT2D eigenvalue weighted by Crippen LogP contribution is -2.49. The van der Waals surface area contributed by atoms with Crippen LogP contribution in [0.3, 0.4) is 0 Å². The molecule has 0 aromatic heterocycles. The summed E-state index contributed by atoms with van der Waals surface area (Å²) in [5, 5.41) is 1.77. The molecule has 0 saturated carbocycles. The summed E-state index contributed by atoms with van der Waals surface area (Å²) in [6, 6.07) is 5.38. The van der Waals surface area contributed by atoms with Gasteiger partial charge < -0.3 is 25.1 Å². The van der Waals surface area contributed by atoms with Gasteiger partial charge in [-0.05, 0) is 24.1 Å². The van der Waals surface area contributed by atoms with Crippen LogP contribution in [0.25, 0.3) is 0 Å². The summed E-state index contributed by atoms with van der Waals surface area (Å²) in [6.07, 6.45) is 3.92. The highest BCUT2D eigenvalue weighted by Gasteiger charge is 2.40. The lowest BCUT2D eigenvalue weighted by Gasteiger charge is -2.31. The van der Waals surface area contributed by atoms with E-state index in [1.54, 1.807) is 17.4 Å². The van der Waals surface area contributed by atoms with E-state index < -0.39 is 5.91 Å². The number of rotatable bonds is 3. The van der Waals surface area contributed by atoms with Crippen LogP contribution in [-0.4, -0.2) is 41.1 Å². The molecule has 23 heavy (non-hydrogen) atoms. The average Bonchev–Trinajstić information content (AvgIpc) is 3.15. The molecule has 3 heterocycles. The first-order valence-corrected chi connectivity index (χ1v) is 7.33. The Morgan fingerprint density at radius 3 is 2.96 bits per heavy atom. The zero-order valence-corrected chi connectivity index (χ0v) is 12.3. The molecule has 3 aliphatic heterocycles. The maximum atomic E-state index is 12.4. The number of carbonyl (C=O) groups excluding carboxylic acids is 2. The Kier molecular flexibility index (Phi) is 3.12. The van der Waals surface area contributed by atoms with Crippen molar-refractivity contribution in [2.24, 2.45) is 5.73 Å². The minimum Gasteiger partial charge on any atom is -0.454 e. The first-order valence-electron chi connectivity index (χ1n) is 7.33. The molecule has 8 nitrogen and oxygen atoms in total. The van der Waals surface area contributed by atoms with Crippen LogP contribution in [0.5, 0.6) is 11.5 Å². The largest absolute Gasteiger partial charge is 0.454 e. The predicted molar refractivity (Wildman–Crippen MR) is 78.7 cm³/mol. The van der Waals surface area contributed by atoms with Gasteiger partial charge in [-0.15, -0.1) is 0 Å². The predicted octanol–water partition coefficient (Wildman–Crippen LogP) is -0.166. The van der Waals surface area contributed by atoms with E-state index in [1.807, 2.05) is 18.2 Å². The Morgan fingerprint density at radius 2 is 2.13 bits per heavy atom. The van der Waals surface area contributed by atoms with E-state index in [9.17, 15) is 9.59 Å². The van der Waals surface area contributed by atoms with Crippen molar-refractivity contribution in [2.45, 2.75) is 18.5 Å². The van der Waals surface area contributed by atoms with Crippen molar-refractivity contribution in [1.29, 1.82) is 0 Å². The number of nitrogens with two attached hydrogens (primary N) is 1. The number of carbonyl (C=O) groups is 2. The second-order valence-corrected chi connectivity index (χ2v) is 5.68. The van der Waals surface area contributed by atoms with Gasteiger partial charge in [0.2, 0.25) is 12.7 Å². The standard InChI is InChI=1S/C15H16N4O4/c16-14(20)7-18-3-4-19-11(15(18)21)6-10(17-19)9-1-2-12-13(5-9)23-8-22-12/h1-5,10-11,17H,6-8H2,(H2,16,20). The number of ether oxygens (including phenoxy) is 2. The lowest BCUT2D eigenvalue weighted by molar-refractivity contribution is -0.137. The van der Waals surface area contributed by atoms with E-state index in [1.165, 1.54) is 4.90 Å². The minimum atomic E-state index is -0.533. The summed E-state index contributed by atoms with van der Waals surface area (Å²) in [6.45, 7) is 0.128. The maximum absolute atomic E-state index is 12.4. The van der Waals surface area contributed by atoms with Crippen LogP contribution in [0.15, 0.2) is 30.6 Å². The molecule has 4 rings (SSSR count). The SMILES string of the molecule is NC(=O)CN1C=CN2NC(c3ccc4c(c3)OCO4)CC2C1=O. The number of hydrogen-bond acceptors (Lipinski definition) is 6. The Bertz CT molecular complexity index is 705. The van der Waals surface area contributed by atoms with Crippen LogP contribution in [-0.2, 0) is 9.59 Å². The molecular formula is C15H16N4O4. The van der Waals surface area contributed by atoms with Gasteiger partial charge in [0.1, 0.15) is 12.6 Å². The molecule has 1 aromatic carbocycles. The summed E-state index contributed by atoms with van der Waals surface area (Å²) >= 11 is 0. The van der Waals surface area contributed by atoms with Gasteiger partial charge in [0.25, 0.3) is 5.91 Å². The zero-order valence-electron chi connectivity index (χ0n) is 12.3. The van der Waals surface area contributed by atoms with E-state index in [2.05, 4.69) is 5.43 Å². The van der Waals surface area contributed by atoms with Crippen LogP contribution in [0.2, 0.25) is 0 Å². The van der Waals surface area contributed by atoms with Gasteiger partial charge in [-0.25, -0.2) is 5.43 Å². The molecule has 3 aliphatic rings. The minimum absolute atomic E-state index is 0.0170. The molecule has 0 spiro atoms. The third kappa shape index (κ3) is 2.36. The fourth-order valence-electron chi connectivity index (χ4n) is 3.08. The summed E-state index contributed by atoms with van der Waals surface area (Å²) in [4.78, 5) is 24.8. The summed E-state index contributed by atoms with van der Waals surface area (Å²) in [5.41, 5.74) is 9.48. The van der Waals surface area contributed by atoms with Crippen molar-refractivity contribution < 1.29 is 19.1 Å². The fourth-order valence-corrected chi connectivity index (χ4v) is 3.08. The van der Waals surface area contributed by atoms with Crippen molar-refractivity contribution >= 4 is 11.8 Å². The normalized spacial score (nSPS) is 25.0. The Morgan fingerprint density at radius 1 is 1.30 bits per heavy atom. The molecule has 1 aromatic rings. The highest BCUT2D eigenvalue weighted by molar-refractivity contribution is 5.88. The molecule has 1 saturated heterocycles. The van der Waals surface area contributed by atoms with Gasteiger partial charge in [-0.1, -0.05) is 6.07 Å². The molecule has 0 radical (unpaired) electrons. The van der Waals surface area contributed by atoms with E-state index >= 15 is 0 Å². The van der Waals surface area contributed by atoms with Crippen LogP contribution in [0.4, 0.5) is 0 Å². The Balaban J connectivity index is 1.53. The summed E-state index contributed by atoms with van der Waals surface area (Å²) < 4.78 is 10.7. The number of hydrogen-bond donors (Lipinski definition) is 2. The number of amides is 2. The van der Waals surface area contributed by atoms with Crippen molar-refractivity contribution in [1.82, 2.24) is 15.3 Å². The van der Waals surface area contributed by atoms with Crippen molar-refractivity contribution in [3.63, 3.8) is 0 Å². The monoisotopic (exact) mass is 316 g/mol. The van der Waals surface area contributed by atoms with Gasteiger partial charge in [-0.3, -0.25) is 9.59 Å². The van der Waals surface area contributed by atoms with Crippen molar-refractivity contribution in [2.75, 3.05) is 13.3 Å². The molecule has 2 unspecified atom stereocenters. The third-order valence-electron chi connectivity index (χ3n) is 4.20. The molecule has 0 aliphatic carbocycles. The Hall–Kier alpha value is -2.74. The zero-order chi connectivity index (χ0) is 16.0. The van der Waals surface area contributed by atoms with Gasteiger partial charge in [0.15, 0.2) is 11.5 Å². The van der Waals surface area contributed by atoms with E-state index in [4.69, 9.17) is 15.2 Å². The second-order valence-electron chi connectivity index (χ2n) is 5.68. The highest BCUT2D eigenvalue weighted by Crippen LogP contribution is 2.37. The van der Waals surface area contributed by atoms with Crippen LogP contribution < -0.4 is 20.6 Å². The van der Waals surface area contributed by atoms with Gasteiger partial charge in [0.05, 0.1) is 6.04 Å². The van der Waals surface area contributed by atoms with Gasteiger partial charge in [0, 0.05) is 12.4 Å². The molecule has 2 amide bonds. The quantitative estimate of drug-likeness (QED) is 0.804. The fraction of sp³-hybridized carbons (Fsp3) is 0.333. The smallest absolute Gasteiger partial charge is 0.251 e. The molecule has 0 bridgehead atoms. The number of benzene rings is 1. The summed E-state index contributed by atoms with van der Waals surface area (Å²) in [7, 11) is 0. The average molecular weight is 316 g/mol. The maximum Gasteiger partial charge on any atom is 0.251 e. The van der Waals surface area contributed by atoms with Crippen LogP contribution in [0.1, 0.15) is 18.0 Å². The molecular weight excluding hydrogens is 300 g/mol. The topological polar surface area (TPSA) is 97.1 Å². The number of primary amides is 1. The highest BCUT2D eigenvalue weighted by atomic mass is 16.7. The van der Waals surface area contributed by atoms with Crippen molar-refractivity contribution in [3.05, 3.63) is 36.2 Å². The number of hydrazine groups is 1. The number of nitrogens with zero attached hydrogens (tertiary/aromatic N) is 2.